The molecule has 0 aromatic rings. The molecule has 3 atom stereocenters. The average Bonchev–Trinajstić information content (AvgIpc) is 3.22. The predicted octanol–water partition coefficient (Wildman–Crippen LogP) is 13.0. The molecule has 0 heterocycles. The SMILES string of the molecule is CCCCCC/C=C\C/C=C\CCCCCCCC(=O)NC(COP(=O)(O)OCC(O)COC(=O)CCCCCCCCCCCCCCCCCCCCCC)C(=O)O. The fraction of sp³-hybridized carbons (Fsp3) is 0.854. The summed E-state index contributed by atoms with van der Waals surface area (Å²) < 4.78 is 26.9. The van der Waals surface area contributed by atoms with Gasteiger partial charge in [-0.15, -0.1) is 0 Å². The molecule has 0 aliphatic rings. The Morgan fingerprint density at radius 1 is 0.533 bits per heavy atom. The van der Waals surface area contributed by atoms with Crippen LogP contribution in [-0.2, 0) is 32.7 Å². The van der Waals surface area contributed by atoms with Crippen LogP contribution in [0.25, 0.3) is 0 Å². The first-order valence-electron chi connectivity index (χ1n) is 24.4. The summed E-state index contributed by atoms with van der Waals surface area (Å²) in [6.07, 6.45) is 46.3. The van der Waals surface area contributed by atoms with Crippen LogP contribution in [0.2, 0.25) is 0 Å². The highest BCUT2D eigenvalue weighted by Crippen LogP contribution is 2.43. The molecule has 0 bridgehead atoms. The molecule has 0 saturated heterocycles. The number of allylic oxidation sites excluding steroid dienone is 4. The summed E-state index contributed by atoms with van der Waals surface area (Å²) in [5.41, 5.74) is 0. The van der Waals surface area contributed by atoms with Crippen molar-refractivity contribution in [2.45, 2.75) is 244 Å². The number of phosphoric ester groups is 1. The van der Waals surface area contributed by atoms with Crippen molar-refractivity contribution in [1.82, 2.24) is 5.32 Å². The molecule has 12 heteroatoms. The number of carbonyl (C=O) groups is 3. The second-order valence-electron chi connectivity index (χ2n) is 16.7. The molecule has 4 N–H and O–H groups in total. The zero-order valence-electron chi connectivity index (χ0n) is 38.3. The third kappa shape index (κ3) is 42.6. The molecule has 0 aromatic heterocycles. The number of carboxylic acid groups (broad SMARTS) is 1. The van der Waals surface area contributed by atoms with Crippen LogP contribution in [0.4, 0.5) is 0 Å². The fourth-order valence-corrected chi connectivity index (χ4v) is 7.71. The number of ether oxygens (including phenoxy) is 1. The van der Waals surface area contributed by atoms with Gasteiger partial charge in [0.15, 0.2) is 6.04 Å². The number of aliphatic hydroxyl groups is 1. The second kappa shape index (κ2) is 43.6. The number of carboxylic acids is 1. The van der Waals surface area contributed by atoms with Gasteiger partial charge in [-0.2, -0.15) is 0 Å². The van der Waals surface area contributed by atoms with Crippen LogP contribution < -0.4 is 5.32 Å². The van der Waals surface area contributed by atoms with Gasteiger partial charge in [-0.25, -0.2) is 9.36 Å². The maximum Gasteiger partial charge on any atom is 0.472 e. The number of hydrogen-bond donors (Lipinski definition) is 4. The molecule has 352 valence electrons. The third-order valence-corrected chi connectivity index (χ3v) is 11.7. The molecule has 0 saturated carbocycles. The molecule has 0 spiro atoms. The quantitative estimate of drug-likeness (QED) is 0.0200. The largest absolute Gasteiger partial charge is 0.480 e. The van der Waals surface area contributed by atoms with Gasteiger partial charge in [-0.1, -0.05) is 199 Å². The molecule has 0 aliphatic heterocycles. The molecule has 11 nitrogen and oxygen atoms in total. The van der Waals surface area contributed by atoms with Gasteiger partial charge in [0.2, 0.25) is 5.91 Å². The van der Waals surface area contributed by atoms with Gasteiger partial charge in [-0.05, 0) is 44.9 Å². The van der Waals surface area contributed by atoms with Crippen LogP contribution in [0.1, 0.15) is 232 Å². The lowest BCUT2D eigenvalue weighted by molar-refractivity contribution is -0.147. The fourth-order valence-electron chi connectivity index (χ4n) is 6.94. The van der Waals surface area contributed by atoms with E-state index < -0.39 is 57.6 Å². The molecule has 60 heavy (non-hydrogen) atoms. The lowest BCUT2D eigenvalue weighted by atomic mass is 10.0. The van der Waals surface area contributed by atoms with Gasteiger partial charge in [0, 0.05) is 12.8 Å². The van der Waals surface area contributed by atoms with E-state index in [0.717, 1.165) is 64.2 Å². The first-order chi connectivity index (χ1) is 29.1. The number of phosphoric acid groups is 1. The first kappa shape index (κ1) is 58.0. The van der Waals surface area contributed by atoms with Crippen LogP contribution in [0.3, 0.4) is 0 Å². The average molecular weight is 872 g/mol. The number of aliphatic carboxylic acids is 1. The first-order valence-corrected chi connectivity index (χ1v) is 25.9. The summed E-state index contributed by atoms with van der Waals surface area (Å²) in [5, 5.41) is 21.9. The number of aliphatic hydroxyl groups excluding tert-OH is 1. The molecule has 0 aliphatic carbocycles. The Morgan fingerprint density at radius 2 is 0.917 bits per heavy atom. The highest BCUT2D eigenvalue weighted by atomic mass is 31.2. The van der Waals surface area contributed by atoms with Crippen molar-refractivity contribution in [1.29, 1.82) is 0 Å². The summed E-state index contributed by atoms with van der Waals surface area (Å²) in [6, 6.07) is -1.55. The maximum atomic E-state index is 12.3. The number of nitrogens with one attached hydrogen (secondary N) is 1. The van der Waals surface area contributed by atoms with Crippen molar-refractivity contribution in [2.75, 3.05) is 19.8 Å². The van der Waals surface area contributed by atoms with Gasteiger partial charge in [0.25, 0.3) is 0 Å². The molecule has 0 aromatic carbocycles. The van der Waals surface area contributed by atoms with Crippen LogP contribution in [0.5, 0.6) is 0 Å². The summed E-state index contributed by atoms with van der Waals surface area (Å²) in [5.74, 6) is -2.38. The lowest BCUT2D eigenvalue weighted by Gasteiger charge is -2.18. The maximum absolute atomic E-state index is 12.3. The minimum atomic E-state index is -4.76. The molecule has 1 amide bonds. The number of amides is 1. The van der Waals surface area contributed by atoms with E-state index >= 15 is 0 Å². The van der Waals surface area contributed by atoms with Crippen LogP contribution >= 0.6 is 7.82 Å². The zero-order valence-corrected chi connectivity index (χ0v) is 39.2. The van der Waals surface area contributed by atoms with E-state index in [-0.39, 0.29) is 12.8 Å². The smallest absolute Gasteiger partial charge is 0.472 e. The second-order valence-corrected chi connectivity index (χ2v) is 18.1. The number of hydrogen-bond acceptors (Lipinski definition) is 8. The Kier molecular flexibility index (Phi) is 42.1. The van der Waals surface area contributed by atoms with E-state index in [1.807, 2.05) is 0 Å². The van der Waals surface area contributed by atoms with Gasteiger partial charge < -0.3 is 25.2 Å². The predicted molar refractivity (Wildman–Crippen MR) is 245 cm³/mol. The minimum absolute atomic E-state index is 0.131. The van der Waals surface area contributed by atoms with E-state index in [1.165, 1.54) is 128 Å². The van der Waals surface area contributed by atoms with Gasteiger partial charge >= 0.3 is 19.8 Å². The van der Waals surface area contributed by atoms with Crippen molar-refractivity contribution >= 4 is 25.7 Å². The molecular weight excluding hydrogens is 781 g/mol. The van der Waals surface area contributed by atoms with E-state index in [2.05, 4.69) is 43.5 Å². The van der Waals surface area contributed by atoms with E-state index in [9.17, 15) is 34.1 Å². The standard InChI is InChI=1S/C48H90NO10P/c1-3-5-7-9-11-13-15-17-19-21-22-23-24-26-28-30-32-34-36-38-40-47(52)57-41-44(50)42-58-60(55,56)59-43-45(48(53)54)49-46(51)39-37-35-33-31-29-27-25-20-18-16-14-12-10-8-6-4-2/h14,16,20,25,44-45,50H,3-13,15,17-19,21-24,26-43H2,1-2H3,(H,49,51)(H,53,54)(H,55,56)/b16-14-,25-20-. The summed E-state index contributed by atoms with van der Waals surface area (Å²) in [4.78, 5) is 46.0. The van der Waals surface area contributed by atoms with E-state index in [0.29, 0.717) is 12.8 Å². The Hall–Kier alpha value is -2.04. The Morgan fingerprint density at radius 3 is 1.37 bits per heavy atom. The van der Waals surface area contributed by atoms with Gasteiger partial charge in [0.1, 0.15) is 12.7 Å². The van der Waals surface area contributed by atoms with Crippen LogP contribution in [0, 0.1) is 0 Å². The van der Waals surface area contributed by atoms with Gasteiger partial charge in [0.05, 0.1) is 13.2 Å². The van der Waals surface area contributed by atoms with E-state index in [4.69, 9.17) is 13.8 Å². The van der Waals surface area contributed by atoms with Crippen LogP contribution in [0.15, 0.2) is 24.3 Å². The third-order valence-electron chi connectivity index (χ3n) is 10.7. The Bertz CT molecular complexity index is 1120. The highest BCUT2D eigenvalue weighted by molar-refractivity contribution is 7.47. The van der Waals surface area contributed by atoms with Crippen molar-refractivity contribution in [2.24, 2.45) is 0 Å². The molecule has 0 radical (unpaired) electrons. The van der Waals surface area contributed by atoms with Crippen molar-refractivity contribution in [3.8, 4) is 0 Å². The number of unbranched alkanes of at least 4 members (excludes halogenated alkanes) is 28. The molecule has 0 rings (SSSR count). The summed E-state index contributed by atoms with van der Waals surface area (Å²) in [7, 11) is -4.76. The molecular formula is C48H90NO10P. The van der Waals surface area contributed by atoms with Crippen molar-refractivity contribution in [3.63, 3.8) is 0 Å². The van der Waals surface area contributed by atoms with Gasteiger partial charge in [-0.3, -0.25) is 18.6 Å². The minimum Gasteiger partial charge on any atom is -0.480 e. The molecule has 0 fully saturated rings. The number of esters is 1. The normalized spacial score (nSPS) is 13.8. The highest BCUT2D eigenvalue weighted by Gasteiger charge is 2.28. The Labute approximate surface area is 366 Å². The Balaban J connectivity index is 3.83. The number of rotatable bonds is 46. The van der Waals surface area contributed by atoms with Crippen molar-refractivity contribution < 1.29 is 47.8 Å². The van der Waals surface area contributed by atoms with E-state index in [1.54, 1.807) is 0 Å². The van der Waals surface area contributed by atoms with Crippen molar-refractivity contribution in [3.05, 3.63) is 24.3 Å². The topological polar surface area (TPSA) is 169 Å². The number of carbonyl (C=O) groups excluding carboxylic acids is 2. The zero-order chi connectivity index (χ0) is 44.2. The summed E-state index contributed by atoms with van der Waals surface area (Å²) >= 11 is 0. The monoisotopic (exact) mass is 872 g/mol. The van der Waals surface area contributed by atoms with Crippen LogP contribution in [-0.4, -0.2) is 64.9 Å². The lowest BCUT2D eigenvalue weighted by Crippen LogP contribution is -2.43. The molecule has 3 unspecified atom stereocenters. The summed E-state index contributed by atoms with van der Waals surface area (Å²) in [6.45, 7) is 2.60.